The molecule has 25 heavy (non-hydrogen) atoms. The molecule has 0 saturated carbocycles. The monoisotopic (exact) mass is 507 g/mol. The third-order valence-electron chi connectivity index (χ3n) is 3.55. The second-order valence-corrected chi connectivity index (χ2v) is 5.13. The van der Waals surface area contributed by atoms with Crippen molar-refractivity contribution in [2.75, 3.05) is 0 Å². The molecular weight excluding hydrogens is 495 g/mol. The van der Waals surface area contributed by atoms with E-state index in [1.807, 2.05) is 48.8 Å². The van der Waals surface area contributed by atoms with E-state index in [2.05, 4.69) is 22.3 Å². The van der Waals surface area contributed by atoms with Gasteiger partial charge < -0.3 is 4.79 Å². The third kappa shape index (κ3) is 3.51. The van der Waals surface area contributed by atoms with Gasteiger partial charge in [-0.3, -0.25) is 9.36 Å². The van der Waals surface area contributed by atoms with Crippen LogP contribution in [0, 0.1) is 12.1 Å². The Morgan fingerprint density at radius 2 is 1.24 bits per heavy atom. The predicted molar refractivity (Wildman–Crippen MR) is 88.2 cm³/mol. The average molecular weight is 507 g/mol. The molecule has 0 fully saturated rings. The standard InChI is InChI=1S/C19H12N4O.Pt/c24-19(15-5-1-7-17(13-15)22-11-3-9-20-22)16-6-2-8-18(14-16)23-12-4-10-21-23;/h1-12H;/q-2;+2. The molecule has 0 saturated heterocycles. The maximum atomic E-state index is 12.8. The van der Waals surface area contributed by atoms with Crippen LogP contribution in [0.25, 0.3) is 11.4 Å². The van der Waals surface area contributed by atoms with E-state index in [9.17, 15) is 4.79 Å². The summed E-state index contributed by atoms with van der Waals surface area (Å²) in [4.78, 5) is 12.8. The van der Waals surface area contributed by atoms with Gasteiger partial charge in [0, 0.05) is 24.8 Å². The number of hydrogen-bond acceptors (Lipinski definition) is 3. The van der Waals surface area contributed by atoms with Crippen LogP contribution in [-0.2, 0) is 21.1 Å². The van der Waals surface area contributed by atoms with Crippen molar-refractivity contribution in [3.8, 4) is 11.4 Å². The molecule has 0 aliphatic carbocycles. The molecular formula is C19H12N4OPt. The van der Waals surface area contributed by atoms with Crippen LogP contribution in [0.3, 0.4) is 0 Å². The maximum absolute atomic E-state index is 12.8. The zero-order valence-corrected chi connectivity index (χ0v) is 15.2. The SMILES string of the molecule is O=C(c1[c-]c(-n2cccn2)ccc1)c1[c-]c(-n2cccn2)ccc1.[Pt+2]. The van der Waals surface area contributed by atoms with Gasteiger partial charge in [0.25, 0.3) is 0 Å². The molecule has 5 nitrogen and oxygen atoms in total. The molecule has 0 atom stereocenters. The number of carbonyl (C=O) groups is 1. The van der Waals surface area contributed by atoms with Crippen LogP contribution in [0.1, 0.15) is 15.9 Å². The smallest absolute Gasteiger partial charge is 0.348 e. The third-order valence-corrected chi connectivity index (χ3v) is 3.55. The van der Waals surface area contributed by atoms with Crippen molar-refractivity contribution in [2.24, 2.45) is 0 Å². The Labute approximate surface area is 159 Å². The van der Waals surface area contributed by atoms with Crippen LogP contribution in [0.4, 0.5) is 0 Å². The topological polar surface area (TPSA) is 52.7 Å². The number of rotatable bonds is 4. The summed E-state index contributed by atoms with van der Waals surface area (Å²) in [6.45, 7) is 0. The molecule has 0 spiro atoms. The summed E-state index contributed by atoms with van der Waals surface area (Å²) >= 11 is 0. The Bertz CT molecular complexity index is 899. The molecule has 0 aliphatic rings. The van der Waals surface area contributed by atoms with Crippen molar-refractivity contribution in [3.63, 3.8) is 0 Å². The molecule has 0 amide bonds. The number of benzene rings is 2. The summed E-state index contributed by atoms with van der Waals surface area (Å²) in [6.07, 6.45) is 6.99. The van der Waals surface area contributed by atoms with Gasteiger partial charge in [0.05, 0.1) is 5.78 Å². The first-order chi connectivity index (χ1) is 11.8. The first-order valence-corrected chi connectivity index (χ1v) is 7.41. The molecule has 4 rings (SSSR count). The van der Waals surface area contributed by atoms with Crippen LogP contribution in [-0.4, -0.2) is 25.3 Å². The van der Waals surface area contributed by atoms with E-state index in [4.69, 9.17) is 0 Å². The fourth-order valence-corrected chi connectivity index (χ4v) is 2.41. The fourth-order valence-electron chi connectivity index (χ4n) is 2.41. The summed E-state index contributed by atoms with van der Waals surface area (Å²) < 4.78 is 3.33. The van der Waals surface area contributed by atoms with Gasteiger partial charge >= 0.3 is 21.1 Å². The first kappa shape index (κ1) is 17.1. The van der Waals surface area contributed by atoms with Crippen LogP contribution in [0.2, 0.25) is 0 Å². The molecule has 4 aromatic rings. The number of aromatic nitrogens is 4. The van der Waals surface area contributed by atoms with Crippen molar-refractivity contribution >= 4 is 5.78 Å². The van der Waals surface area contributed by atoms with Crippen molar-refractivity contribution < 1.29 is 25.9 Å². The minimum atomic E-state index is -0.141. The average Bonchev–Trinajstić information content (AvgIpc) is 3.35. The molecule has 0 bridgehead atoms. The largest absolute Gasteiger partial charge is 2.00 e. The van der Waals surface area contributed by atoms with Gasteiger partial charge in [-0.1, -0.05) is 0 Å². The summed E-state index contributed by atoms with van der Waals surface area (Å²) in [5, 5.41) is 8.32. The van der Waals surface area contributed by atoms with E-state index >= 15 is 0 Å². The van der Waals surface area contributed by atoms with Crippen LogP contribution >= 0.6 is 0 Å². The van der Waals surface area contributed by atoms with Crippen LogP contribution in [0.15, 0.2) is 73.3 Å². The number of hydrogen-bond donors (Lipinski definition) is 0. The summed E-state index contributed by atoms with van der Waals surface area (Å²) in [7, 11) is 0. The van der Waals surface area contributed by atoms with Gasteiger partial charge in [0.2, 0.25) is 0 Å². The molecule has 0 N–H and O–H groups in total. The van der Waals surface area contributed by atoms with Crippen LogP contribution in [0.5, 0.6) is 0 Å². The normalized spacial score (nSPS) is 10.2. The van der Waals surface area contributed by atoms with Gasteiger partial charge in [0.1, 0.15) is 0 Å². The van der Waals surface area contributed by atoms with Gasteiger partial charge in [0.15, 0.2) is 0 Å². The van der Waals surface area contributed by atoms with Gasteiger partial charge in [-0.2, -0.15) is 10.2 Å². The fraction of sp³-hybridized carbons (Fsp3) is 0. The second kappa shape index (κ2) is 7.41. The van der Waals surface area contributed by atoms with Gasteiger partial charge in [-0.15, -0.1) is 59.7 Å². The second-order valence-electron chi connectivity index (χ2n) is 5.13. The number of ketones is 1. The molecule has 0 radical (unpaired) electrons. The molecule has 6 heteroatoms. The van der Waals surface area contributed by atoms with E-state index < -0.39 is 0 Å². The molecule has 0 unspecified atom stereocenters. The Morgan fingerprint density at radius 1 is 0.760 bits per heavy atom. The minimum Gasteiger partial charge on any atom is -0.348 e. The maximum Gasteiger partial charge on any atom is 2.00 e. The Kier molecular flexibility index (Phi) is 5.05. The zero-order valence-electron chi connectivity index (χ0n) is 12.9. The van der Waals surface area contributed by atoms with E-state index in [1.165, 1.54) is 0 Å². The summed E-state index contributed by atoms with van der Waals surface area (Å²) in [5.41, 5.74) is 2.37. The van der Waals surface area contributed by atoms with Gasteiger partial charge in [-0.05, 0) is 23.5 Å². The van der Waals surface area contributed by atoms with Crippen LogP contribution < -0.4 is 0 Å². The molecule has 0 aliphatic heterocycles. The van der Waals surface area contributed by atoms with Crippen molar-refractivity contribution in [1.82, 2.24) is 19.6 Å². The Morgan fingerprint density at radius 3 is 1.64 bits per heavy atom. The molecule has 2 heterocycles. The van der Waals surface area contributed by atoms with E-state index in [1.54, 1.807) is 33.9 Å². The van der Waals surface area contributed by atoms with Gasteiger partial charge in [-0.25, -0.2) is 0 Å². The summed E-state index contributed by atoms with van der Waals surface area (Å²) in [5.74, 6) is -0.141. The Balaban J connectivity index is 0.00000182. The van der Waals surface area contributed by atoms with E-state index in [0.717, 1.165) is 0 Å². The van der Waals surface area contributed by atoms with Crippen molar-refractivity contribution in [1.29, 1.82) is 0 Å². The first-order valence-electron chi connectivity index (χ1n) is 7.41. The van der Waals surface area contributed by atoms with Crippen molar-refractivity contribution in [3.05, 3.63) is 96.6 Å². The van der Waals surface area contributed by atoms with Crippen molar-refractivity contribution in [2.45, 2.75) is 0 Å². The molecule has 2 aromatic carbocycles. The molecule has 2 aromatic heterocycles. The minimum absolute atomic E-state index is 0. The summed E-state index contributed by atoms with van der Waals surface area (Å²) in [6, 6.07) is 20.7. The number of carbonyl (C=O) groups excluding carboxylic acids is 1. The molecule has 124 valence electrons. The number of nitrogens with zero attached hydrogens (tertiary/aromatic N) is 4. The van der Waals surface area contributed by atoms with E-state index in [0.29, 0.717) is 22.5 Å². The predicted octanol–water partition coefficient (Wildman–Crippen LogP) is 2.89. The quantitative estimate of drug-likeness (QED) is 0.316. The van der Waals surface area contributed by atoms with E-state index in [-0.39, 0.29) is 26.8 Å². The zero-order chi connectivity index (χ0) is 16.4. The Hall–Kier alpha value is -2.78.